The minimum atomic E-state index is -0.148. The second kappa shape index (κ2) is 7.74. The lowest BCUT2D eigenvalue weighted by Crippen LogP contribution is -2.46. The lowest BCUT2D eigenvalue weighted by molar-refractivity contribution is 0.0697. The molecule has 0 spiro atoms. The maximum absolute atomic E-state index is 12.5. The van der Waals surface area contributed by atoms with Crippen LogP contribution in [0, 0.1) is 0 Å². The molecule has 1 aliphatic heterocycles. The number of ether oxygens (including phenoxy) is 1. The van der Waals surface area contributed by atoms with Crippen LogP contribution in [0.1, 0.15) is 33.6 Å². The third kappa shape index (κ3) is 4.04. The largest absolute Gasteiger partial charge is 0.497 e. The summed E-state index contributed by atoms with van der Waals surface area (Å²) < 4.78 is 10.9. The monoisotopic (exact) mass is 406 g/mol. The predicted molar refractivity (Wildman–Crippen MR) is 95.8 cm³/mol. The number of hydrogen-bond donors (Lipinski definition) is 1. The fourth-order valence-electron chi connectivity index (χ4n) is 2.86. The van der Waals surface area contributed by atoms with Crippen LogP contribution in [0.5, 0.6) is 5.75 Å². The van der Waals surface area contributed by atoms with E-state index < -0.39 is 0 Å². The van der Waals surface area contributed by atoms with Gasteiger partial charge in [0.1, 0.15) is 12.0 Å². The van der Waals surface area contributed by atoms with E-state index in [2.05, 4.69) is 21.2 Å². The van der Waals surface area contributed by atoms with E-state index in [1.165, 1.54) is 12.5 Å². The molecular weight excluding hydrogens is 388 g/mol. The average Bonchev–Trinajstić information content (AvgIpc) is 3.17. The van der Waals surface area contributed by atoms with Gasteiger partial charge in [-0.1, -0.05) is 0 Å². The summed E-state index contributed by atoms with van der Waals surface area (Å²) in [5, 5.41) is 3.04. The van der Waals surface area contributed by atoms with Crippen molar-refractivity contribution in [2.24, 2.45) is 0 Å². The molecule has 1 aromatic heterocycles. The number of halogens is 1. The Labute approximate surface area is 154 Å². The normalized spacial score (nSPS) is 15.0. The van der Waals surface area contributed by atoms with Crippen molar-refractivity contribution in [2.75, 3.05) is 20.2 Å². The summed E-state index contributed by atoms with van der Waals surface area (Å²) in [6.07, 6.45) is 4.39. The maximum Gasteiger partial charge on any atom is 0.257 e. The number of piperidine rings is 1. The molecule has 132 valence electrons. The number of furan rings is 1. The van der Waals surface area contributed by atoms with Gasteiger partial charge in [0.25, 0.3) is 11.8 Å². The molecule has 0 atom stereocenters. The van der Waals surface area contributed by atoms with Gasteiger partial charge >= 0.3 is 0 Å². The number of nitrogens with one attached hydrogen (secondary N) is 1. The van der Waals surface area contributed by atoms with E-state index in [-0.39, 0.29) is 17.9 Å². The molecule has 25 heavy (non-hydrogen) atoms. The summed E-state index contributed by atoms with van der Waals surface area (Å²) in [4.78, 5) is 26.6. The molecule has 1 aromatic carbocycles. The van der Waals surface area contributed by atoms with E-state index in [0.717, 1.165) is 17.3 Å². The van der Waals surface area contributed by atoms with Crippen molar-refractivity contribution in [3.63, 3.8) is 0 Å². The summed E-state index contributed by atoms with van der Waals surface area (Å²) in [5.41, 5.74) is 1.10. The summed E-state index contributed by atoms with van der Waals surface area (Å²) >= 11 is 3.40. The van der Waals surface area contributed by atoms with Crippen molar-refractivity contribution in [3.8, 4) is 5.75 Å². The maximum atomic E-state index is 12.5. The summed E-state index contributed by atoms with van der Waals surface area (Å²) in [6, 6.07) is 6.99. The highest BCUT2D eigenvalue weighted by Crippen LogP contribution is 2.23. The SMILES string of the molecule is COc1ccc(Br)c(C(=O)NC2CCN(C(=O)c3ccoc3)CC2)c1. The molecule has 6 nitrogen and oxygen atoms in total. The molecule has 2 aromatic rings. The second-order valence-electron chi connectivity index (χ2n) is 5.90. The highest BCUT2D eigenvalue weighted by atomic mass is 79.9. The molecule has 2 heterocycles. The Bertz CT molecular complexity index is 752. The van der Waals surface area contributed by atoms with Gasteiger partial charge in [-0.15, -0.1) is 0 Å². The summed E-state index contributed by atoms with van der Waals surface area (Å²) in [7, 11) is 1.57. The number of nitrogens with zero attached hydrogens (tertiary/aromatic N) is 1. The van der Waals surface area contributed by atoms with E-state index in [0.29, 0.717) is 30.0 Å². The van der Waals surface area contributed by atoms with Crippen molar-refractivity contribution < 1.29 is 18.7 Å². The first-order valence-corrected chi connectivity index (χ1v) is 8.83. The minimum Gasteiger partial charge on any atom is -0.497 e. The summed E-state index contributed by atoms with van der Waals surface area (Å²) in [6.45, 7) is 1.21. The Morgan fingerprint density at radius 1 is 1.28 bits per heavy atom. The van der Waals surface area contributed by atoms with E-state index >= 15 is 0 Å². The van der Waals surface area contributed by atoms with Crippen molar-refractivity contribution in [3.05, 3.63) is 52.4 Å². The van der Waals surface area contributed by atoms with Crippen molar-refractivity contribution >= 4 is 27.7 Å². The molecule has 7 heteroatoms. The van der Waals surface area contributed by atoms with Gasteiger partial charge in [-0.05, 0) is 53.0 Å². The summed E-state index contributed by atoms with van der Waals surface area (Å²) in [5.74, 6) is 0.452. The first kappa shape index (κ1) is 17.5. The molecule has 0 unspecified atom stereocenters. The Morgan fingerprint density at radius 3 is 2.68 bits per heavy atom. The molecule has 1 N–H and O–H groups in total. The molecule has 1 fully saturated rings. The Hall–Kier alpha value is -2.28. The van der Waals surface area contributed by atoms with Crippen LogP contribution >= 0.6 is 15.9 Å². The molecule has 0 bridgehead atoms. The second-order valence-corrected chi connectivity index (χ2v) is 6.75. The molecule has 0 saturated carbocycles. The van der Waals surface area contributed by atoms with Gasteiger partial charge in [-0.2, -0.15) is 0 Å². The molecule has 2 amide bonds. The Balaban J connectivity index is 1.57. The van der Waals surface area contributed by atoms with E-state index in [4.69, 9.17) is 9.15 Å². The van der Waals surface area contributed by atoms with Gasteiger partial charge in [0, 0.05) is 23.6 Å². The number of carbonyl (C=O) groups is 2. The minimum absolute atomic E-state index is 0.0333. The fourth-order valence-corrected chi connectivity index (χ4v) is 3.29. The van der Waals surface area contributed by atoms with E-state index in [9.17, 15) is 9.59 Å². The van der Waals surface area contributed by atoms with Gasteiger partial charge in [-0.25, -0.2) is 0 Å². The Kier molecular flexibility index (Phi) is 5.43. The lowest BCUT2D eigenvalue weighted by Gasteiger charge is -2.32. The molecule has 1 saturated heterocycles. The highest BCUT2D eigenvalue weighted by molar-refractivity contribution is 9.10. The van der Waals surface area contributed by atoms with Crippen LogP contribution in [-0.2, 0) is 0 Å². The zero-order valence-electron chi connectivity index (χ0n) is 13.8. The third-order valence-corrected chi connectivity index (χ3v) is 5.00. The van der Waals surface area contributed by atoms with Crippen LogP contribution in [0.15, 0.2) is 45.7 Å². The average molecular weight is 407 g/mol. The topological polar surface area (TPSA) is 71.8 Å². The highest BCUT2D eigenvalue weighted by Gasteiger charge is 2.25. The molecule has 0 radical (unpaired) electrons. The number of amides is 2. The Morgan fingerprint density at radius 2 is 2.04 bits per heavy atom. The number of hydrogen-bond acceptors (Lipinski definition) is 4. The molecular formula is C18H19BrN2O4. The zero-order valence-corrected chi connectivity index (χ0v) is 15.4. The van der Waals surface area contributed by atoms with Gasteiger partial charge < -0.3 is 19.4 Å². The number of carbonyl (C=O) groups excluding carboxylic acids is 2. The predicted octanol–water partition coefficient (Wildman–Crippen LogP) is 3.09. The van der Waals surface area contributed by atoms with Crippen LogP contribution in [0.25, 0.3) is 0 Å². The van der Waals surface area contributed by atoms with Gasteiger partial charge in [0.2, 0.25) is 0 Å². The first-order chi connectivity index (χ1) is 12.1. The van der Waals surface area contributed by atoms with Crippen molar-refractivity contribution in [1.82, 2.24) is 10.2 Å². The molecule has 3 rings (SSSR count). The smallest absolute Gasteiger partial charge is 0.257 e. The molecule has 1 aliphatic rings. The molecule has 0 aliphatic carbocycles. The number of benzene rings is 1. The van der Waals surface area contributed by atoms with Crippen molar-refractivity contribution in [2.45, 2.75) is 18.9 Å². The van der Waals surface area contributed by atoms with Gasteiger partial charge in [-0.3, -0.25) is 9.59 Å². The quantitative estimate of drug-likeness (QED) is 0.846. The third-order valence-electron chi connectivity index (χ3n) is 4.30. The standard InChI is InChI=1S/C18H19BrN2O4/c1-24-14-2-3-16(19)15(10-14)17(22)20-13-4-7-21(8-5-13)18(23)12-6-9-25-11-12/h2-3,6,9-11,13H,4-5,7-8H2,1H3,(H,20,22). The van der Waals surface area contributed by atoms with Gasteiger partial charge in [0.05, 0.1) is 24.5 Å². The van der Waals surface area contributed by atoms with Crippen molar-refractivity contribution in [1.29, 1.82) is 0 Å². The lowest BCUT2D eigenvalue weighted by atomic mass is 10.0. The number of rotatable bonds is 4. The van der Waals surface area contributed by atoms with E-state index in [1.54, 1.807) is 36.3 Å². The van der Waals surface area contributed by atoms with Crippen LogP contribution < -0.4 is 10.1 Å². The van der Waals surface area contributed by atoms with Crippen LogP contribution in [0.2, 0.25) is 0 Å². The zero-order chi connectivity index (χ0) is 17.8. The van der Waals surface area contributed by atoms with Crippen LogP contribution in [0.3, 0.4) is 0 Å². The fraction of sp³-hybridized carbons (Fsp3) is 0.333. The van der Waals surface area contributed by atoms with Gasteiger partial charge in [0.15, 0.2) is 0 Å². The number of methoxy groups -OCH3 is 1. The van der Waals surface area contributed by atoms with Crippen LogP contribution in [0.4, 0.5) is 0 Å². The number of likely N-dealkylation sites (tertiary alicyclic amines) is 1. The van der Waals surface area contributed by atoms with Crippen LogP contribution in [-0.4, -0.2) is 43.0 Å². The first-order valence-electron chi connectivity index (χ1n) is 8.04. The van der Waals surface area contributed by atoms with E-state index in [1.807, 2.05) is 0 Å².